The zero-order valence-electron chi connectivity index (χ0n) is 32.2. The van der Waals surface area contributed by atoms with Crippen molar-refractivity contribution in [2.24, 2.45) is 0 Å². The van der Waals surface area contributed by atoms with E-state index in [1.807, 2.05) is 27.0 Å². The van der Waals surface area contributed by atoms with E-state index in [0.717, 1.165) is 38.9 Å². The minimum absolute atomic E-state index is 0.00586. The molecule has 14 nitrogen and oxygen atoms in total. The van der Waals surface area contributed by atoms with Crippen molar-refractivity contribution in [1.29, 1.82) is 5.26 Å². The van der Waals surface area contributed by atoms with E-state index in [9.17, 15) is 25.1 Å². The number of aromatic amines is 1. The number of hydrogen-bond acceptors (Lipinski definition) is 14. The van der Waals surface area contributed by atoms with E-state index in [2.05, 4.69) is 32.2 Å². The first-order valence-electron chi connectivity index (χ1n) is 19.2. The maximum atomic E-state index is 14.9. The highest BCUT2D eigenvalue weighted by Gasteiger charge is 2.61. The van der Waals surface area contributed by atoms with Gasteiger partial charge in [-0.1, -0.05) is 6.07 Å². The molecule has 15 heteroatoms. The molecule has 11 rings (SSSR count). The zero-order chi connectivity index (χ0) is 39.7. The second-order valence-corrected chi connectivity index (χ2v) is 17.1. The number of nitriles is 1. The lowest BCUT2D eigenvalue weighted by molar-refractivity contribution is -0.133. The van der Waals surface area contributed by atoms with Gasteiger partial charge in [0.25, 0.3) is 0 Å². The van der Waals surface area contributed by atoms with Gasteiger partial charge in [0.05, 0.1) is 37.1 Å². The number of fused-ring (bicyclic) bond motifs is 12. The predicted octanol–water partition coefficient (Wildman–Crippen LogP) is 4.50. The number of hydrogen-bond donors (Lipinski definition) is 4. The Morgan fingerprint density at radius 1 is 1.12 bits per heavy atom. The molecule has 7 aliphatic heterocycles. The van der Waals surface area contributed by atoms with Gasteiger partial charge in [0, 0.05) is 70.2 Å². The SMILES string of the molecule is COc1c(C)cc2c(c1O)[C@@H]1C3[C@@H]4SC[C@]5(NCCc6c5[nH]c5ccc(O)cc65)C(=O)COC[C@@H](c5c6c(c(C)c(OC(C)=O)c54)OCO6)N3[C@@H](C#N)[C@H](C2)N1C. The summed E-state index contributed by atoms with van der Waals surface area (Å²) in [6.07, 6.45) is 1.15. The Balaban J connectivity index is 1.26. The van der Waals surface area contributed by atoms with Crippen LogP contribution in [-0.4, -0.2) is 101 Å². The molecule has 1 aromatic heterocycles. The number of ether oxygens (including phenoxy) is 5. The highest BCUT2D eigenvalue weighted by atomic mass is 32.2. The Morgan fingerprint density at radius 2 is 1.93 bits per heavy atom. The lowest BCUT2D eigenvalue weighted by Crippen LogP contribution is -2.69. The minimum Gasteiger partial charge on any atom is -0.508 e. The van der Waals surface area contributed by atoms with Crippen molar-refractivity contribution in [2.45, 2.75) is 74.6 Å². The number of phenols is 2. The third kappa shape index (κ3) is 4.97. The van der Waals surface area contributed by atoms with Crippen LogP contribution in [0.15, 0.2) is 24.3 Å². The lowest BCUT2D eigenvalue weighted by atomic mass is 9.71. The van der Waals surface area contributed by atoms with Gasteiger partial charge in [-0.05, 0) is 68.6 Å². The van der Waals surface area contributed by atoms with Crippen LogP contribution in [0.1, 0.15) is 68.9 Å². The zero-order valence-corrected chi connectivity index (χ0v) is 33.0. The summed E-state index contributed by atoms with van der Waals surface area (Å²) >= 11 is 1.54. The Morgan fingerprint density at radius 3 is 2.70 bits per heavy atom. The number of aromatic hydroxyl groups is 2. The van der Waals surface area contributed by atoms with Crippen LogP contribution in [-0.2, 0) is 32.7 Å². The van der Waals surface area contributed by atoms with Gasteiger partial charge in [-0.2, -0.15) is 5.26 Å². The molecule has 4 bridgehead atoms. The third-order valence-electron chi connectivity index (χ3n) is 13.1. The maximum Gasteiger partial charge on any atom is 0.308 e. The van der Waals surface area contributed by atoms with E-state index < -0.39 is 40.9 Å². The number of Topliss-reactive ketones (excluding diaryl/α,β-unsaturated/α-hetero) is 1. The highest BCUT2D eigenvalue weighted by Crippen LogP contribution is 2.64. The summed E-state index contributed by atoms with van der Waals surface area (Å²) in [5.74, 6) is 1.45. The van der Waals surface area contributed by atoms with E-state index in [4.69, 9.17) is 23.7 Å². The molecule has 0 radical (unpaired) electrons. The summed E-state index contributed by atoms with van der Waals surface area (Å²) in [6.45, 7) is 5.36. The third-order valence-corrected chi connectivity index (χ3v) is 14.6. The maximum absolute atomic E-state index is 14.9. The second-order valence-electron chi connectivity index (χ2n) is 16.0. The number of nitrogens with one attached hydrogen (secondary N) is 2. The van der Waals surface area contributed by atoms with E-state index in [0.29, 0.717) is 59.1 Å². The number of likely N-dealkylation sites (N-methyl/N-ethyl adjacent to an activating group) is 1. The standard InChI is InChI=1S/C42H43N5O9S/c1-18-10-21-11-26-27(13-43)47-28-14-53-15-29(50)42(41-23(8-9-44-42)24-12-22(49)6-7-25(24)45-41)16-57-40(34(47)33(46(26)4)30(21)35(51)36(18)52-5)32-31(28)39-38(54-17-55-39)19(2)37(32)56-20(3)48/h6-7,10,12,26-28,33-34,40,44-45,49,51H,8-9,11,14-17H2,1-5H3/t26-,27-,28-,33+,34?,40+,42-/m0/s1. The summed E-state index contributed by atoms with van der Waals surface area (Å²) in [5, 5.41) is 37.7. The van der Waals surface area contributed by atoms with Gasteiger partial charge in [-0.3, -0.25) is 24.7 Å². The number of piperazine rings is 1. The minimum atomic E-state index is -1.24. The summed E-state index contributed by atoms with van der Waals surface area (Å²) in [5.41, 5.74) is 5.72. The quantitative estimate of drug-likeness (QED) is 0.165. The number of esters is 1. The number of rotatable bonds is 2. The molecule has 4 N–H and O–H groups in total. The Bertz CT molecular complexity index is 2460. The monoisotopic (exact) mass is 793 g/mol. The number of methoxy groups -OCH3 is 1. The summed E-state index contributed by atoms with van der Waals surface area (Å²) in [7, 11) is 3.55. The highest BCUT2D eigenvalue weighted by molar-refractivity contribution is 7.99. The first-order chi connectivity index (χ1) is 27.5. The second kappa shape index (κ2) is 13.0. The molecule has 1 spiro atoms. The van der Waals surface area contributed by atoms with Crippen LogP contribution in [0.3, 0.4) is 0 Å². The van der Waals surface area contributed by atoms with E-state index in [-0.39, 0.29) is 49.1 Å². The van der Waals surface area contributed by atoms with Gasteiger partial charge in [-0.25, -0.2) is 0 Å². The largest absolute Gasteiger partial charge is 0.508 e. The fourth-order valence-electron chi connectivity index (χ4n) is 10.8. The molecule has 8 heterocycles. The molecule has 2 fully saturated rings. The molecule has 3 aromatic carbocycles. The molecule has 1 unspecified atom stereocenters. The number of carbonyl (C=O) groups excluding carboxylic acids is 2. The van der Waals surface area contributed by atoms with Crippen molar-refractivity contribution < 1.29 is 43.5 Å². The molecule has 57 heavy (non-hydrogen) atoms. The number of aromatic nitrogens is 1. The van der Waals surface area contributed by atoms with Gasteiger partial charge in [0.1, 0.15) is 29.7 Å². The average molecular weight is 794 g/mol. The first-order valence-corrected chi connectivity index (χ1v) is 20.3. The van der Waals surface area contributed by atoms with Crippen LogP contribution in [0, 0.1) is 25.2 Å². The number of thioether (sulfide) groups is 1. The molecule has 7 atom stereocenters. The van der Waals surface area contributed by atoms with Crippen LogP contribution in [0.4, 0.5) is 0 Å². The molecule has 0 aliphatic carbocycles. The van der Waals surface area contributed by atoms with Crippen LogP contribution in [0.5, 0.6) is 34.5 Å². The normalized spacial score (nSPS) is 28.9. The predicted molar refractivity (Wildman–Crippen MR) is 208 cm³/mol. The van der Waals surface area contributed by atoms with Gasteiger partial charge in [-0.15, -0.1) is 11.8 Å². The number of nitrogens with zero attached hydrogens (tertiary/aromatic N) is 3. The molecule has 296 valence electrons. The van der Waals surface area contributed by atoms with Crippen molar-refractivity contribution in [3.8, 4) is 40.6 Å². The average Bonchev–Trinajstić information content (AvgIpc) is 3.81. The van der Waals surface area contributed by atoms with Crippen LogP contribution in [0.25, 0.3) is 10.9 Å². The fourth-order valence-corrected chi connectivity index (χ4v) is 12.6. The smallest absolute Gasteiger partial charge is 0.308 e. The van der Waals surface area contributed by atoms with Crippen molar-refractivity contribution in [2.75, 3.05) is 46.5 Å². The Hall–Kier alpha value is -4.98. The lowest BCUT2D eigenvalue weighted by Gasteiger charge is -2.61. The van der Waals surface area contributed by atoms with Gasteiger partial charge in [0.15, 0.2) is 28.8 Å². The first kappa shape index (κ1) is 36.4. The van der Waals surface area contributed by atoms with Crippen molar-refractivity contribution in [3.63, 3.8) is 0 Å². The van der Waals surface area contributed by atoms with E-state index in [1.165, 1.54) is 6.92 Å². The molecule has 7 aliphatic rings. The Labute approximate surface area is 332 Å². The number of carbonyl (C=O) groups is 2. The van der Waals surface area contributed by atoms with E-state index in [1.54, 1.807) is 31.0 Å². The number of ketones is 1. The molecule has 4 aromatic rings. The molecular formula is C42H43N5O9S. The van der Waals surface area contributed by atoms with E-state index >= 15 is 0 Å². The summed E-state index contributed by atoms with van der Waals surface area (Å²) in [6, 6.07) is 7.36. The number of benzene rings is 3. The van der Waals surface area contributed by atoms with Gasteiger partial charge < -0.3 is 38.9 Å². The summed E-state index contributed by atoms with van der Waals surface area (Å²) in [4.78, 5) is 35.9. The number of aryl methyl sites for hydroxylation is 1. The molecule has 2 saturated heterocycles. The summed E-state index contributed by atoms with van der Waals surface area (Å²) < 4.78 is 30.9. The van der Waals surface area contributed by atoms with Crippen LogP contribution >= 0.6 is 11.8 Å². The number of phenolic OH excluding ortho intramolecular Hbond substituents is 2. The number of H-pyrrole nitrogens is 1. The van der Waals surface area contributed by atoms with Crippen molar-refractivity contribution in [3.05, 3.63) is 68.9 Å². The van der Waals surface area contributed by atoms with Gasteiger partial charge in [0.2, 0.25) is 6.79 Å². The van der Waals surface area contributed by atoms with Gasteiger partial charge >= 0.3 is 5.97 Å². The molecule has 0 amide bonds. The molecule has 0 saturated carbocycles. The van der Waals surface area contributed by atoms with Crippen molar-refractivity contribution >= 4 is 34.4 Å². The fraction of sp³-hybridized carbons (Fsp3) is 0.452. The van der Waals surface area contributed by atoms with Crippen LogP contribution < -0.4 is 24.3 Å². The Kier molecular flexibility index (Phi) is 8.31. The molecular weight excluding hydrogens is 751 g/mol. The van der Waals surface area contributed by atoms with Crippen molar-refractivity contribution in [1.82, 2.24) is 20.1 Å². The van der Waals surface area contributed by atoms with Crippen LogP contribution in [0.2, 0.25) is 0 Å². The topological polar surface area (TPSA) is 179 Å².